The molecule has 23 heavy (non-hydrogen) atoms. The molecule has 0 aliphatic rings. The fourth-order valence-corrected chi connectivity index (χ4v) is 2.28. The summed E-state index contributed by atoms with van der Waals surface area (Å²) in [5, 5.41) is 0. The van der Waals surface area contributed by atoms with E-state index >= 15 is 0 Å². The summed E-state index contributed by atoms with van der Waals surface area (Å²) in [5.41, 5.74) is 0. The predicted molar refractivity (Wildman–Crippen MR) is 93.0 cm³/mol. The molecule has 0 amide bonds. The van der Waals surface area contributed by atoms with Gasteiger partial charge in [-0.15, -0.1) is 0 Å². The van der Waals surface area contributed by atoms with Crippen LogP contribution in [-0.4, -0.2) is 24.6 Å². The fourth-order valence-electron chi connectivity index (χ4n) is 2.28. The van der Waals surface area contributed by atoms with Crippen LogP contribution >= 0.6 is 0 Å². The molecule has 0 aromatic carbocycles. The lowest BCUT2D eigenvalue weighted by Gasteiger charge is -2.24. The van der Waals surface area contributed by atoms with Crippen LogP contribution in [0.1, 0.15) is 67.2 Å². The van der Waals surface area contributed by atoms with Gasteiger partial charge in [0, 0.05) is 5.92 Å². The minimum absolute atomic E-state index is 0.00156. The third kappa shape index (κ3) is 8.77. The van der Waals surface area contributed by atoms with Gasteiger partial charge in [0.2, 0.25) is 6.10 Å². The van der Waals surface area contributed by atoms with Gasteiger partial charge in [-0.2, -0.15) is 0 Å². The van der Waals surface area contributed by atoms with Gasteiger partial charge in [0.05, 0.1) is 12.5 Å². The van der Waals surface area contributed by atoms with Gasteiger partial charge in [0.25, 0.3) is 0 Å². The molecule has 0 aromatic heterocycles. The maximum absolute atomic E-state index is 12.3. The van der Waals surface area contributed by atoms with Crippen molar-refractivity contribution in [3.8, 4) is 0 Å². The third-order valence-electron chi connectivity index (χ3n) is 3.91. The Labute approximate surface area is 141 Å². The Balaban J connectivity index is 4.68. The quantitative estimate of drug-likeness (QED) is 0.413. The minimum Gasteiger partial charge on any atom is -0.463 e. The molecule has 0 aliphatic carbocycles. The summed E-state index contributed by atoms with van der Waals surface area (Å²) < 4.78 is 10.6. The highest BCUT2D eigenvalue weighted by Crippen LogP contribution is 2.20. The van der Waals surface area contributed by atoms with Crippen molar-refractivity contribution in [1.29, 1.82) is 0 Å². The second-order valence-corrected chi connectivity index (χ2v) is 6.42. The lowest BCUT2D eigenvalue weighted by molar-refractivity contribution is -0.174. The topological polar surface area (TPSA) is 52.6 Å². The summed E-state index contributed by atoms with van der Waals surface area (Å²) >= 11 is 0. The standard InChI is InChI=1S/C19H34O4/c1-7-16(8-2)17(19(21)22-9-3)23-18(20)15(6)13-11-10-12-14(4)5/h10-11,14-17H,7-9,12-13H2,1-6H3/b11-10-. The molecule has 0 aliphatic heterocycles. The van der Waals surface area contributed by atoms with Gasteiger partial charge in [0.15, 0.2) is 0 Å². The molecule has 2 unspecified atom stereocenters. The van der Waals surface area contributed by atoms with Crippen LogP contribution < -0.4 is 0 Å². The first-order valence-corrected chi connectivity index (χ1v) is 8.89. The van der Waals surface area contributed by atoms with Crippen LogP contribution in [0.4, 0.5) is 0 Å². The summed E-state index contributed by atoms with van der Waals surface area (Å²) in [6.45, 7) is 12.2. The van der Waals surface area contributed by atoms with Crippen LogP contribution in [0.25, 0.3) is 0 Å². The molecular weight excluding hydrogens is 292 g/mol. The van der Waals surface area contributed by atoms with E-state index in [2.05, 4.69) is 19.9 Å². The molecule has 0 radical (unpaired) electrons. The van der Waals surface area contributed by atoms with E-state index < -0.39 is 12.1 Å². The average Bonchev–Trinajstić information content (AvgIpc) is 2.51. The van der Waals surface area contributed by atoms with Crippen molar-refractivity contribution in [2.45, 2.75) is 73.3 Å². The summed E-state index contributed by atoms with van der Waals surface area (Å²) in [6, 6.07) is 0. The zero-order chi connectivity index (χ0) is 17.8. The molecule has 0 bridgehead atoms. The summed E-state index contributed by atoms with van der Waals surface area (Å²) in [6.07, 6.45) is 6.50. The van der Waals surface area contributed by atoms with Crippen molar-refractivity contribution < 1.29 is 19.1 Å². The molecule has 0 fully saturated rings. The monoisotopic (exact) mass is 326 g/mol. The zero-order valence-corrected chi connectivity index (χ0v) is 15.6. The molecular formula is C19H34O4. The van der Waals surface area contributed by atoms with E-state index in [0.717, 1.165) is 19.3 Å². The van der Waals surface area contributed by atoms with Crippen LogP contribution in [0.2, 0.25) is 0 Å². The summed E-state index contributed by atoms with van der Waals surface area (Å²) in [7, 11) is 0. The number of rotatable bonds is 11. The van der Waals surface area contributed by atoms with Crippen LogP contribution in [0.15, 0.2) is 12.2 Å². The molecule has 0 spiro atoms. The van der Waals surface area contributed by atoms with Gasteiger partial charge < -0.3 is 9.47 Å². The van der Waals surface area contributed by atoms with E-state index in [0.29, 0.717) is 18.9 Å². The van der Waals surface area contributed by atoms with Crippen molar-refractivity contribution in [3.05, 3.63) is 12.2 Å². The van der Waals surface area contributed by atoms with Crippen molar-refractivity contribution in [2.24, 2.45) is 17.8 Å². The second-order valence-electron chi connectivity index (χ2n) is 6.42. The first-order valence-electron chi connectivity index (χ1n) is 8.89. The van der Waals surface area contributed by atoms with Gasteiger partial charge >= 0.3 is 11.9 Å². The molecule has 4 nitrogen and oxygen atoms in total. The van der Waals surface area contributed by atoms with Crippen LogP contribution in [0, 0.1) is 17.8 Å². The van der Waals surface area contributed by atoms with Crippen LogP contribution in [0.3, 0.4) is 0 Å². The Morgan fingerprint density at radius 1 is 0.913 bits per heavy atom. The maximum atomic E-state index is 12.3. The van der Waals surface area contributed by atoms with Crippen LogP contribution in [-0.2, 0) is 19.1 Å². The van der Waals surface area contributed by atoms with Gasteiger partial charge in [-0.05, 0) is 38.5 Å². The molecule has 134 valence electrons. The van der Waals surface area contributed by atoms with Crippen molar-refractivity contribution in [2.75, 3.05) is 6.61 Å². The highest BCUT2D eigenvalue weighted by Gasteiger charge is 2.32. The Morgan fingerprint density at radius 2 is 1.48 bits per heavy atom. The van der Waals surface area contributed by atoms with E-state index in [1.807, 2.05) is 26.8 Å². The SMILES string of the molecule is CCOC(=O)C(OC(=O)C(C)C/C=C\CC(C)C)C(CC)CC. The fraction of sp³-hybridized carbons (Fsp3) is 0.789. The molecule has 2 atom stereocenters. The van der Waals surface area contributed by atoms with Gasteiger partial charge in [-0.3, -0.25) is 4.79 Å². The van der Waals surface area contributed by atoms with Crippen molar-refractivity contribution in [1.82, 2.24) is 0 Å². The minimum atomic E-state index is -0.792. The Hall–Kier alpha value is -1.32. The summed E-state index contributed by atoms with van der Waals surface area (Å²) in [4.78, 5) is 24.3. The number of carbonyl (C=O) groups is 2. The van der Waals surface area contributed by atoms with E-state index in [1.165, 1.54) is 0 Å². The Morgan fingerprint density at radius 3 is 1.96 bits per heavy atom. The molecule has 0 heterocycles. The van der Waals surface area contributed by atoms with E-state index in [-0.39, 0.29) is 17.8 Å². The highest BCUT2D eigenvalue weighted by atomic mass is 16.6. The van der Waals surface area contributed by atoms with E-state index in [1.54, 1.807) is 6.92 Å². The molecule has 0 saturated carbocycles. The van der Waals surface area contributed by atoms with Crippen LogP contribution in [0.5, 0.6) is 0 Å². The van der Waals surface area contributed by atoms with Gasteiger partial charge in [0.1, 0.15) is 0 Å². The van der Waals surface area contributed by atoms with Gasteiger partial charge in [-0.25, -0.2) is 4.79 Å². The first kappa shape index (κ1) is 21.7. The second kappa shape index (κ2) is 12.1. The Kier molecular flexibility index (Phi) is 11.4. The average molecular weight is 326 g/mol. The smallest absolute Gasteiger partial charge is 0.347 e. The number of hydrogen-bond acceptors (Lipinski definition) is 4. The number of ether oxygens (including phenoxy) is 2. The molecule has 0 saturated heterocycles. The van der Waals surface area contributed by atoms with E-state index in [4.69, 9.17) is 9.47 Å². The number of hydrogen-bond donors (Lipinski definition) is 0. The van der Waals surface area contributed by atoms with Gasteiger partial charge in [-0.1, -0.05) is 46.8 Å². The number of carbonyl (C=O) groups excluding carboxylic acids is 2. The predicted octanol–water partition coefficient (Wildman–Crippen LogP) is 4.53. The Bertz CT molecular complexity index is 370. The van der Waals surface area contributed by atoms with Crippen molar-refractivity contribution in [3.63, 3.8) is 0 Å². The normalized spacial score (nSPS) is 14.3. The first-order chi connectivity index (χ1) is 10.9. The highest BCUT2D eigenvalue weighted by molar-refractivity contribution is 5.80. The third-order valence-corrected chi connectivity index (χ3v) is 3.91. The summed E-state index contributed by atoms with van der Waals surface area (Å²) in [5.74, 6) is -0.413. The lowest BCUT2D eigenvalue weighted by Crippen LogP contribution is -2.37. The largest absolute Gasteiger partial charge is 0.463 e. The molecule has 0 N–H and O–H groups in total. The molecule has 0 rings (SSSR count). The zero-order valence-electron chi connectivity index (χ0n) is 15.6. The maximum Gasteiger partial charge on any atom is 0.347 e. The number of allylic oxidation sites excluding steroid dienone is 2. The van der Waals surface area contributed by atoms with Crippen molar-refractivity contribution >= 4 is 11.9 Å². The lowest BCUT2D eigenvalue weighted by atomic mass is 9.96. The molecule has 4 heteroatoms. The van der Waals surface area contributed by atoms with E-state index in [9.17, 15) is 9.59 Å². The number of esters is 2. The molecule has 0 aromatic rings.